The molecule has 0 aliphatic carbocycles. The van der Waals surface area contributed by atoms with Crippen LogP contribution in [0.25, 0.3) is 0 Å². The van der Waals surface area contributed by atoms with E-state index in [0.717, 1.165) is 47.7 Å². The van der Waals surface area contributed by atoms with Crippen molar-refractivity contribution in [1.82, 2.24) is 9.55 Å². The molecule has 28 heavy (non-hydrogen) atoms. The van der Waals surface area contributed by atoms with Gasteiger partial charge in [0.25, 0.3) is 0 Å². The normalized spacial score (nSPS) is 12.6. The van der Waals surface area contributed by atoms with Crippen molar-refractivity contribution in [3.63, 3.8) is 0 Å². The number of nitrogens with zero attached hydrogens (tertiary/aromatic N) is 2. The van der Waals surface area contributed by atoms with Crippen LogP contribution in [0.4, 0.5) is 24.8 Å². The van der Waals surface area contributed by atoms with Gasteiger partial charge in [-0.2, -0.15) is 9.37 Å². The summed E-state index contributed by atoms with van der Waals surface area (Å²) >= 11 is 0. The van der Waals surface area contributed by atoms with Gasteiger partial charge in [0, 0.05) is 24.4 Å². The van der Waals surface area contributed by atoms with Crippen LogP contribution in [0.15, 0.2) is 41.3 Å². The molecule has 5 nitrogen and oxygen atoms in total. The minimum Gasteiger partial charge on any atom is -0.493 e. The number of hydrogen-bond donors (Lipinski definition) is 1. The molecule has 0 saturated carbocycles. The second kappa shape index (κ2) is 7.03. The van der Waals surface area contributed by atoms with Gasteiger partial charge in [0.1, 0.15) is 17.4 Å². The van der Waals surface area contributed by atoms with Crippen LogP contribution < -0.4 is 15.6 Å². The zero-order valence-corrected chi connectivity index (χ0v) is 14.9. The van der Waals surface area contributed by atoms with Gasteiger partial charge in [-0.05, 0) is 47.9 Å². The van der Waals surface area contributed by atoms with E-state index in [1.807, 2.05) is 19.1 Å². The van der Waals surface area contributed by atoms with Crippen molar-refractivity contribution in [3.8, 4) is 5.75 Å². The second-order valence-corrected chi connectivity index (χ2v) is 6.62. The van der Waals surface area contributed by atoms with Crippen LogP contribution in [0, 0.1) is 24.4 Å². The summed E-state index contributed by atoms with van der Waals surface area (Å²) in [4.78, 5) is 15.5. The van der Waals surface area contributed by atoms with E-state index in [1.54, 1.807) is 0 Å². The van der Waals surface area contributed by atoms with E-state index < -0.39 is 23.0 Å². The first-order valence-corrected chi connectivity index (χ1v) is 8.64. The molecule has 2 aromatic carbocycles. The number of fused-ring (bicyclic) bond motifs is 1. The minimum atomic E-state index is -1.05. The predicted molar refractivity (Wildman–Crippen MR) is 97.6 cm³/mol. The molecule has 0 saturated heterocycles. The number of ether oxygens (including phenoxy) is 1. The number of aromatic nitrogens is 2. The lowest BCUT2D eigenvalue weighted by Gasteiger charge is -2.16. The van der Waals surface area contributed by atoms with Crippen LogP contribution in [0.1, 0.15) is 16.7 Å². The lowest BCUT2D eigenvalue weighted by atomic mass is 10.1. The van der Waals surface area contributed by atoms with Crippen LogP contribution in [0.5, 0.6) is 5.75 Å². The first kappa shape index (κ1) is 18.1. The number of aryl methyl sites for hydroxylation is 1. The van der Waals surface area contributed by atoms with Gasteiger partial charge in [-0.25, -0.2) is 8.78 Å². The third-order valence-corrected chi connectivity index (χ3v) is 4.51. The highest BCUT2D eigenvalue weighted by atomic mass is 19.1. The molecule has 1 N–H and O–H groups in total. The molecule has 2 heterocycles. The molecule has 0 fully saturated rings. The average Bonchev–Trinajstić information content (AvgIpc) is 3.05. The number of rotatable bonds is 4. The monoisotopic (exact) mass is 387 g/mol. The molecule has 8 heteroatoms. The summed E-state index contributed by atoms with van der Waals surface area (Å²) in [5, 5.41) is 3.03. The molecular formula is C20H16F3N3O2. The molecule has 4 rings (SSSR count). The fraction of sp³-hybridized carbons (Fsp3) is 0.200. The predicted octanol–water partition coefficient (Wildman–Crippen LogP) is 3.70. The number of benzene rings is 2. The Bertz CT molecular complexity index is 1110. The molecule has 1 aliphatic rings. The molecule has 3 aromatic rings. The summed E-state index contributed by atoms with van der Waals surface area (Å²) < 4.78 is 47.6. The van der Waals surface area contributed by atoms with Crippen molar-refractivity contribution < 1.29 is 17.9 Å². The van der Waals surface area contributed by atoms with Gasteiger partial charge in [-0.3, -0.25) is 4.79 Å². The van der Waals surface area contributed by atoms with Crippen molar-refractivity contribution in [2.45, 2.75) is 19.9 Å². The summed E-state index contributed by atoms with van der Waals surface area (Å²) in [6, 6.07) is 6.79. The lowest BCUT2D eigenvalue weighted by molar-refractivity contribution is 0.356. The quantitative estimate of drug-likeness (QED) is 0.742. The number of anilines is 2. The largest absolute Gasteiger partial charge is 0.493 e. The maximum absolute atomic E-state index is 13.8. The molecule has 0 radical (unpaired) electrons. The van der Waals surface area contributed by atoms with Gasteiger partial charge < -0.3 is 14.6 Å². The standard InChI is InChI=1S/C20H16F3N3O2/c1-11-4-18-13(2-3-28-18)7-17(11)24-20-25-19(27)16(23)10-26(20)9-12-5-14(21)8-15(22)6-12/h4-8,10H,2-3,9H2,1H3,(H,24,25,27). The van der Waals surface area contributed by atoms with Crippen LogP contribution >= 0.6 is 0 Å². The topological polar surface area (TPSA) is 56.2 Å². The summed E-state index contributed by atoms with van der Waals surface area (Å²) in [7, 11) is 0. The maximum Gasteiger partial charge on any atom is 0.310 e. The SMILES string of the molecule is Cc1cc2c(cc1Nc1nc(=O)c(F)cn1Cc1cc(F)cc(F)c1)CCO2. The zero-order valence-electron chi connectivity index (χ0n) is 14.9. The maximum atomic E-state index is 13.8. The van der Waals surface area contributed by atoms with E-state index in [-0.39, 0.29) is 18.1 Å². The summed E-state index contributed by atoms with van der Waals surface area (Å²) in [6.07, 6.45) is 1.73. The Labute approximate surface area is 158 Å². The molecule has 1 aromatic heterocycles. The molecular weight excluding hydrogens is 371 g/mol. The summed E-state index contributed by atoms with van der Waals surface area (Å²) in [5.41, 5.74) is 1.79. The van der Waals surface area contributed by atoms with Gasteiger partial charge in [0.05, 0.1) is 13.2 Å². The van der Waals surface area contributed by atoms with E-state index in [9.17, 15) is 18.0 Å². The fourth-order valence-corrected chi connectivity index (χ4v) is 3.17. The smallest absolute Gasteiger partial charge is 0.310 e. The Morgan fingerprint density at radius 1 is 1.14 bits per heavy atom. The highest BCUT2D eigenvalue weighted by Gasteiger charge is 2.16. The van der Waals surface area contributed by atoms with Gasteiger partial charge in [-0.15, -0.1) is 0 Å². The van der Waals surface area contributed by atoms with Crippen molar-refractivity contribution in [1.29, 1.82) is 0 Å². The van der Waals surface area contributed by atoms with E-state index in [4.69, 9.17) is 4.74 Å². The molecule has 0 atom stereocenters. The van der Waals surface area contributed by atoms with Crippen molar-refractivity contribution in [2.75, 3.05) is 11.9 Å². The summed E-state index contributed by atoms with van der Waals surface area (Å²) in [5.74, 6) is -1.66. The van der Waals surface area contributed by atoms with Gasteiger partial charge >= 0.3 is 5.56 Å². The first-order chi connectivity index (χ1) is 13.4. The van der Waals surface area contributed by atoms with Crippen LogP contribution in [-0.2, 0) is 13.0 Å². The van der Waals surface area contributed by atoms with Crippen LogP contribution in [0.2, 0.25) is 0 Å². The van der Waals surface area contributed by atoms with Gasteiger partial charge in [0.2, 0.25) is 11.8 Å². The molecule has 0 bridgehead atoms. The number of hydrogen-bond acceptors (Lipinski definition) is 4. The van der Waals surface area contributed by atoms with Gasteiger partial charge in [0.15, 0.2) is 0 Å². The third kappa shape index (κ3) is 3.58. The van der Waals surface area contributed by atoms with Crippen molar-refractivity contribution in [3.05, 3.63) is 81.0 Å². The van der Waals surface area contributed by atoms with Gasteiger partial charge in [-0.1, -0.05) is 0 Å². The van der Waals surface area contributed by atoms with E-state index >= 15 is 0 Å². The highest BCUT2D eigenvalue weighted by molar-refractivity contribution is 5.63. The Balaban J connectivity index is 1.73. The Morgan fingerprint density at radius 2 is 1.89 bits per heavy atom. The molecule has 144 valence electrons. The van der Waals surface area contributed by atoms with E-state index in [2.05, 4.69) is 10.3 Å². The lowest BCUT2D eigenvalue weighted by Crippen LogP contribution is -2.20. The van der Waals surface area contributed by atoms with E-state index in [1.165, 1.54) is 4.57 Å². The average molecular weight is 387 g/mol. The molecule has 0 unspecified atom stereocenters. The fourth-order valence-electron chi connectivity index (χ4n) is 3.17. The first-order valence-electron chi connectivity index (χ1n) is 8.64. The molecule has 1 aliphatic heterocycles. The number of halogens is 3. The Kier molecular flexibility index (Phi) is 4.54. The zero-order chi connectivity index (χ0) is 19.8. The van der Waals surface area contributed by atoms with Crippen molar-refractivity contribution in [2.24, 2.45) is 0 Å². The van der Waals surface area contributed by atoms with Crippen molar-refractivity contribution >= 4 is 11.6 Å². The number of nitrogens with one attached hydrogen (secondary N) is 1. The third-order valence-electron chi connectivity index (χ3n) is 4.51. The molecule has 0 spiro atoms. The van der Waals surface area contributed by atoms with Crippen LogP contribution in [0.3, 0.4) is 0 Å². The van der Waals surface area contributed by atoms with E-state index in [0.29, 0.717) is 12.3 Å². The second-order valence-electron chi connectivity index (χ2n) is 6.62. The summed E-state index contributed by atoms with van der Waals surface area (Å²) in [6.45, 7) is 2.38. The minimum absolute atomic E-state index is 0.0676. The van der Waals surface area contributed by atoms with Crippen LogP contribution in [-0.4, -0.2) is 16.2 Å². The molecule has 0 amide bonds. The Morgan fingerprint density at radius 3 is 2.64 bits per heavy atom. The highest BCUT2D eigenvalue weighted by Crippen LogP contribution is 2.32. The Hall–Kier alpha value is -3.29.